The Balaban J connectivity index is 1.83. The standard InChI is InChI=1S/C15H20N4/c16-10-13-4-1-8-18-14(13)19-9-3-6-15(12-19)5-2-7-17-11-15/h1,4,8,17H,2-3,5-7,9,11-12H2. The van der Waals surface area contributed by atoms with E-state index >= 15 is 0 Å². The summed E-state index contributed by atoms with van der Waals surface area (Å²) in [7, 11) is 0. The summed E-state index contributed by atoms with van der Waals surface area (Å²) >= 11 is 0. The number of nitrogens with one attached hydrogen (secondary N) is 1. The second-order valence-corrected chi connectivity index (χ2v) is 5.79. The summed E-state index contributed by atoms with van der Waals surface area (Å²) in [4.78, 5) is 6.75. The van der Waals surface area contributed by atoms with Crippen molar-refractivity contribution in [3.05, 3.63) is 23.9 Å². The number of rotatable bonds is 1. The van der Waals surface area contributed by atoms with Crippen LogP contribution in [0.25, 0.3) is 0 Å². The molecule has 0 amide bonds. The summed E-state index contributed by atoms with van der Waals surface area (Å²) in [6.07, 6.45) is 6.84. The van der Waals surface area contributed by atoms with Crippen LogP contribution in [0, 0.1) is 16.7 Å². The Kier molecular flexibility index (Phi) is 3.39. The van der Waals surface area contributed by atoms with Crippen molar-refractivity contribution in [3.63, 3.8) is 0 Å². The molecule has 2 fully saturated rings. The van der Waals surface area contributed by atoms with Gasteiger partial charge in [-0.15, -0.1) is 0 Å². The summed E-state index contributed by atoms with van der Waals surface area (Å²) in [6, 6.07) is 5.97. The molecule has 0 saturated carbocycles. The monoisotopic (exact) mass is 256 g/mol. The lowest BCUT2D eigenvalue weighted by atomic mass is 9.74. The van der Waals surface area contributed by atoms with Crippen molar-refractivity contribution >= 4 is 5.82 Å². The number of pyridine rings is 1. The van der Waals surface area contributed by atoms with E-state index in [2.05, 4.69) is 21.3 Å². The van der Waals surface area contributed by atoms with Gasteiger partial charge >= 0.3 is 0 Å². The number of anilines is 1. The molecule has 3 heterocycles. The largest absolute Gasteiger partial charge is 0.355 e. The van der Waals surface area contributed by atoms with Gasteiger partial charge in [-0.1, -0.05) is 0 Å². The minimum atomic E-state index is 0.390. The van der Waals surface area contributed by atoms with Gasteiger partial charge in [0.15, 0.2) is 0 Å². The van der Waals surface area contributed by atoms with Gasteiger partial charge in [-0.3, -0.25) is 0 Å². The molecule has 0 aliphatic carbocycles. The maximum Gasteiger partial charge on any atom is 0.146 e. The molecule has 1 atom stereocenters. The van der Waals surface area contributed by atoms with E-state index in [1.54, 1.807) is 6.20 Å². The lowest BCUT2D eigenvalue weighted by Gasteiger charge is -2.46. The Labute approximate surface area is 114 Å². The average molecular weight is 256 g/mol. The quantitative estimate of drug-likeness (QED) is 0.834. The maximum atomic E-state index is 9.22. The molecule has 3 rings (SSSR count). The lowest BCUT2D eigenvalue weighted by molar-refractivity contribution is 0.173. The minimum absolute atomic E-state index is 0.390. The zero-order valence-electron chi connectivity index (χ0n) is 11.2. The van der Waals surface area contributed by atoms with E-state index in [0.29, 0.717) is 11.0 Å². The summed E-state index contributed by atoms with van der Waals surface area (Å²) in [5.74, 6) is 0.870. The molecule has 0 bridgehead atoms. The third-order valence-electron chi connectivity index (χ3n) is 4.43. The first-order valence-electron chi connectivity index (χ1n) is 7.14. The first kappa shape index (κ1) is 12.4. The van der Waals surface area contributed by atoms with Gasteiger partial charge in [0.2, 0.25) is 0 Å². The number of aromatic nitrogens is 1. The van der Waals surface area contributed by atoms with Crippen LogP contribution in [-0.4, -0.2) is 31.2 Å². The molecule has 4 heteroatoms. The van der Waals surface area contributed by atoms with Crippen LogP contribution < -0.4 is 10.2 Å². The first-order chi connectivity index (χ1) is 9.33. The zero-order chi connectivity index (χ0) is 13.1. The van der Waals surface area contributed by atoms with E-state index in [9.17, 15) is 5.26 Å². The zero-order valence-corrected chi connectivity index (χ0v) is 11.2. The van der Waals surface area contributed by atoms with Crippen LogP contribution in [0.3, 0.4) is 0 Å². The number of nitriles is 1. The molecule has 1 aromatic rings. The van der Waals surface area contributed by atoms with Crippen molar-refractivity contribution in [1.29, 1.82) is 5.26 Å². The van der Waals surface area contributed by atoms with Gasteiger partial charge in [0, 0.05) is 31.2 Å². The second-order valence-electron chi connectivity index (χ2n) is 5.79. The summed E-state index contributed by atoms with van der Waals surface area (Å²) in [5.41, 5.74) is 1.09. The van der Waals surface area contributed by atoms with Crippen LogP contribution in [0.4, 0.5) is 5.82 Å². The Morgan fingerprint density at radius 1 is 1.37 bits per heavy atom. The molecule has 100 valence electrons. The van der Waals surface area contributed by atoms with E-state index < -0.39 is 0 Å². The van der Waals surface area contributed by atoms with Crippen molar-refractivity contribution in [2.24, 2.45) is 5.41 Å². The van der Waals surface area contributed by atoms with Gasteiger partial charge < -0.3 is 10.2 Å². The van der Waals surface area contributed by atoms with Gasteiger partial charge in [-0.2, -0.15) is 5.26 Å². The van der Waals surface area contributed by atoms with Crippen LogP contribution in [0.15, 0.2) is 18.3 Å². The molecule has 19 heavy (non-hydrogen) atoms. The lowest BCUT2D eigenvalue weighted by Crippen LogP contribution is -2.51. The Hall–Kier alpha value is -1.60. The highest BCUT2D eigenvalue weighted by Crippen LogP contribution is 2.37. The average Bonchev–Trinajstić information content (AvgIpc) is 2.48. The third-order valence-corrected chi connectivity index (χ3v) is 4.43. The summed E-state index contributed by atoms with van der Waals surface area (Å²) < 4.78 is 0. The molecule has 2 aliphatic rings. The topological polar surface area (TPSA) is 52.0 Å². The van der Waals surface area contributed by atoms with Gasteiger partial charge in [0.05, 0.1) is 5.56 Å². The van der Waals surface area contributed by atoms with Crippen LogP contribution in [0.1, 0.15) is 31.2 Å². The fraction of sp³-hybridized carbons (Fsp3) is 0.600. The third kappa shape index (κ3) is 2.43. The number of piperidine rings is 2. The predicted molar refractivity (Wildman–Crippen MR) is 74.9 cm³/mol. The molecule has 4 nitrogen and oxygen atoms in total. The summed E-state index contributed by atoms with van der Waals surface area (Å²) in [6.45, 7) is 4.31. The van der Waals surface area contributed by atoms with E-state index in [-0.39, 0.29) is 0 Å². The Bertz CT molecular complexity index is 480. The minimum Gasteiger partial charge on any atom is -0.355 e. The fourth-order valence-electron chi connectivity index (χ4n) is 3.50. The number of hydrogen-bond donors (Lipinski definition) is 1. The molecule has 1 aromatic heterocycles. The molecule has 1 spiro atoms. The molecular formula is C15H20N4. The van der Waals surface area contributed by atoms with E-state index in [1.165, 1.54) is 25.7 Å². The highest BCUT2D eigenvalue weighted by molar-refractivity contribution is 5.53. The van der Waals surface area contributed by atoms with Crippen LogP contribution in [-0.2, 0) is 0 Å². The van der Waals surface area contributed by atoms with Gasteiger partial charge in [-0.05, 0) is 44.4 Å². The van der Waals surface area contributed by atoms with E-state index in [4.69, 9.17) is 0 Å². The summed E-state index contributed by atoms with van der Waals surface area (Å²) in [5, 5.41) is 12.8. The molecule has 2 aliphatic heterocycles. The molecule has 2 saturated heterocycles. The number of nitrogens with zero attached hydrogens (tertiary/aromatic N) is 3. The van der Waals surface area contributed by atoms with Crippen molar-refractivity contribution in [2.45, 2.75) is 25.7 Å². The van der Waals surface area contributed by atoms with Crippen molar-refractivity contribution in [2.75, 3.05) is 31.1 Å². The van der Waals surface area contributed by atoms with E-state index in [0.717, 1.165) is 32.0 Å². The molecule has 0 aromatic carbocycles. The van der Waals surface area contributed by atoms with Crippen LogP contribution in [0.5, 0.6) is 0 Å². The number of hydrogen-bond acceptors (Lipinski definition) is 4. The molecular weight excluding hydrogens is 236 g/mol. The Morgan fingerprint density at radius 2 is 2.26 bits per heavy atom. The highest BCUT2D eigenvalue weighted by atomic mass is 15.2. The van der Waals surface area contributed by atoms with Gasteiger partial charge in [0.25, 0.3) is 0 Å². The molecule has 1 N–H and O–H groups in total. The maximum absolute atomic E-state index is 9.22. The van der Waals surface area contributed by atoms with Crippen LogP contribution >= 0.6 is 0 Å². The second kappa shape index (κ2) is 5.18. The van der Waals surface area contributed by atoms with Gasteiger partial charge in [0.1, 0.15) is 11.9 Å². The SMILES string of the molecule is N#Cc1cccnc1N1CCCC2(CCCNC2)C1. The highest BCUT2D eigenvalue weighted by Gasteiger charge is 2.37. The van der Waals surface area contributed by atoms with Crippen molar-refractivity contribution in [1.82, 2.24) is 10.3 Å². The van der Waals surface area contributed by atoms with Crippen molar-refractivity contribution in [3.8, 4) is 6.07 Å². The smallest absolute Gasteiger partial charge is 0.146 e. The fourth-order valence-corrected chi connectivity index (χ4v) is 3.50. The van der Waals surface area contributed by atoms with Crippen LogP contribution in [0.2, 0.25) is 0 Å². The predicted octanol–water partition coefficient (Wildman–Crippen LogP) is 1.92. The normalized spacial score (nSPS) is 27.2. The van der Waals surface area contributed by atoms with Gasteiger partial charge in [-0.25, -0.2) is 4.98 Å². The van der Waals surface area contributed by atoms with Crippen molar-refractivity contribution < 1.29 is 0 Å². The van der Waals surface area contributed by atoms with E-state index in [1.807, 2.05) is 12.1 Å². The molecule has 0 radical (unpaired) electrons. The Morgan fingerprint density at radius 3 is 3.05 bits per heavy atom. The first-order valence-corrected chi connectivity index (χ1v) is 7.14. The molecule has 1 unspecified atom stereocenters.